The molecule has 84 valence electrons. The molecule has 0 amide bonds. The summed E-state index contributed by atoms with van der Waals surface area (Å²) in [7, 11) is 0. The van der Waals surface area contributed by atoms with Crippen molar-refractivity contribution in [3.63, 3.8) is 0 Å². The molecule has 0 aliphatic carbocycles. The van der Waals surface area contributed by atoms with Crippen LogP contribution in [0.5, 0.6) is 0 Å². The highest BCUT2D eigenvalue weighted by atomic mass is 16.4. The van der Waals surface area contributed by atoms with E-state index in [2.05, 4.69) is 15.2 Å². The van der Waals surface area contributed by atoms with Gasteiger partial charge in [-0.3, -0.25) is 15.3 Å². The highest BCUT2D eigenvalue weighted by Gasteiger charge is 2.06. The van der Waals surface area contributed by atoms with Crippen molar-refractivity contribution in [2.75, 3.05) is 0 Å². The summed E-state index contributed by atoms with van der Waals surface area (Å²) in [4.78, 5) is 13.0. The van der Waals surface area contributed by atoms with Crippen molar-refractivity contribution in [2.24, 2.45) is 5.73 Å². The summed E-state index contributed by atoms with van der Waals surface area (Å²) in [5.74, 6) is -0.856. The number of fused-ring (bicyclic) bond motifs is 1. The molecule has 0 bridgehead atoms. The molecule has 0 aliphatic heterocycles. The lowest BCUT2D eigenvalue weighted by molar-refractivity contribution is -0.134. The number of pyridine rings is 1. The van der Waals surface area contributed by atoms with Crippen molar-refractivity contribution >= 4 is 22.8 Å². The normalized spacial score (nSPS) is 9.31. The van der Waals surface area contributed by atoms with Crippen molar-refractivity contribution in [3.05, 3.63) is 24.0 Å². The number of nitrogens with two attached hydrogens (primary N) is 1. The number of aromatic amines is 1. The van der Waals surface area contributed by atoms with E-state index in [9.17, 15) is 0 Å². The summed E-state index contributed by atoms with van der Waals surface area (Å²) in [5, 5.41) is 21.9. The van der Waals surface area contributed by atoms with E-state index < -0.39 is 5.97 Å². The number of carboxylic acids is 1. The molecule has 0 saturated carbocycles. The smallest absolute Gasteiger partial charge is 0.300 e. The van der Waals surface area contributed by atoms with Crippen molar-refractivity contribution in [3.8, 4) is 0 Å². The molecule has 7 nitrogen and oxygen atoms in total. The fourth-order valence-corrected chi connectivity index (χ4v) is 1.06. The molecule has 0 spiro atoms. The largest absolute Gasteiger partial charge is 0.481 e. The number of hydrogen-bond acceptors (Lipinski definition) is 4. The SMILES string of the molecule is CC(=O)O.N=C(N)c1[nH]nc2ncccc12. The molecule has 0 aromatic carbocycles. The molecule has 7 heteroatoms. The van der Waals surface area contributed by atoms with Gasteiger partial charge in [0, 0.05) is 18.5 Å². The zero-order valence-corrected chi connectivity index (χ0v) is 8.56. The Hall–Kier alpha value is -2.44. The second-order valence-electron chi connectivity index (χ2n) is 2.91. The molecule has 16 heavy (non-hydrogen) atoms. The predicted molar refractivity (Wildman–Crippen MR) is 58.2 cm³/mol. The number of H-pyrrole nitrogens is 1. The fourth-order valence-electron chi connectivity index (χ4n) is 1.06. The van der Waals surface area contributed by atoms with E-state index in [0.29, 0.717) is 11.3 Å². The van der Waals surface area contributed by atoms with Gasteiger partial charge in [0.25, 0.3) is 5.97 Å². The maximum atomic E-state index is 9.00. The van der Waals surface area contributed by atoms with Crippen molar-refractivity contribution < 1.29 is 9.90 Å². The monoisotopic (exact) mass is 221 g/mol. The third-order valence-electron chi connectivity index (χ3n) is 1.60. The van der Waals surface area contributed by atoms with Crippen LogP contribution in [0.15, 0.2) is 18.3 Å². The second-order valence-corrected chi connectivity index (χ2v) is 2.91. The molecule has 2 aromatic heterocycles. The first-order chi connectivity index (χ1) is 7.52. The lowest BCUT2D eigenvalue weighted by atomic mass is 10.2. The Morgan fingerprint density at radius 2 is 2.25 bits per heavy atom. The minimum absolute atomic E-state index is 0.0227. The molecule has 0 radical (unpaired) electrons. The fraction of sp³-hybridized carbons (Fsp3) is 0.111. The van der Waals surface area contributed by atoms with E-state index in [0.717, 1.165) is 12.3 Å². The van der Waals surface area contributed by atoms with Gasteiger partial charge in [0.05, 0.1) is 0 Å². The maximum absolute atomic E-state index is 9.00. The number of hydrogen-bond donors (Lipinski definition) is 4. The summed E-state index contributed by atoms with van der Waals surface area (Å²) < 4.78 is 0. The molecule has 5 N–H and O–H groups in total. The van der Waals surface area contributed by atoms with E-state index in [1.54, 1.807) is 12.3 Å². The zero-order valence-electron chi connectivity index (χ0n) is 8.56. The Morgan fingerprint density at radius 1 is 1.62 bits per heavy atom. The first kappa shape index (κ1) is 11.6. The average Bonchev–Trinajstić information content (AvgIpc) is 2.59. The first-order valence-electron chi connectivity index (χ1n) is 4.35. The van der Waals surface area contributed by atoms with Gasteiger partial charge in [-0.2, -0.15) is 5.10 Å². The molecule has 0 saturated heterocycles. The van der Waals surface area contributed by atoms with Gasteiger partial charge in [-0.1, -0.05) is 0 Å². The Kier molecular flexibility index (Phi) is 3.54. The number of nitrogens with zero attached hydrogens (tertiary/aromatic N) is 2. The third kappa shape index (κ3) is 2.77. The van der Waals surface area contributed by atoms with Crippen molar-refractivity contribution in [1.29, 1.82) is 5.41 Å². The van der Waals surface area contributed by atoms with Crippen LogP contribution >= 0.6 is 0 Å². The van der Waals surface area contributed by atoms with Crippen LogP contribution in [-0.2, 0) is 4.79 Å². The van der Waals surface area contributed by atoms with E-state index >= 15 is 0 Å². The molecule has 0 fully saturated rings. The Labute approximate surface area is 90.8 Å². The average molecular weight is 221 g/mol. The summed E-state index contributed by atoms with van der Waals surface area (Å²) >= 11 is 0. The summed E-state index contributed by atoms with van der Waals surface area (Å²) in [6.45, 7) is 1.08. The van der Waals surface area contributed by atoms with Crippen LogP contribution in [0.3, 0.4) is 0 Å². The van der Waals surface area contributed by atoms with Gasteiger partial charge in [0.2, 0.25) is 0 Å². The molecule has 2 aromatic rings. The highest BCUT2D eigenvalue weighted by molar-refractivity contribution is 6.04. The second kappa shape index (κ2) is 4.87. The number of carbonyl (C=O) groups is 1. The molecular formula is C9H11N5O2. The van der Waals surface area contributed by atoms with Gasteiger partial charge in [0.1, 0.15) is 11.5 Å². The molecule has 2 heterocycles. The molecule has 0 aliphatic rings. The minimum Gasteiger partial charge on any atom is -0.481 e. The van der Waals surface area contributed by atoms with E-state index in [4.69, 9.17) is 21.0 Å². The van der Waals surface area contributed by atoms with E-state index in [1.807, 2.05) is 6.07 Å². The number of aliphatic carboxylic acids is 1. The number of aromatic nitrogens is 3. The van der Waals surface area contributed by atoms with E-state index in [-0.39, 0.29) is 5.84 Å². The Balaban J connectivity index is 0.000000280. The molecular weight excluding hydrogens is 210 g/mol. The zero-order chi connectivity index (χ0) is 12.1. The van der Waals surface area contributed by atoms with Crippen LogP contribution in [0.1, 0.15) is 12.6 Å². The predicted octanol–water partition coefficient (Wildman–Crippen LogP) is 0.333. The van der Waals surface area contributed by atoms with Gasteiger partial charge in [-0.05, 0) is 12.1 Å². The van der Waals surface area contributed by atoms with Crippen LogP contribution in [0, 0.1) is 5.41 Å². The van der Waals surface area contributed by atoms with Crippen LogP contribution in [0.25, 0.3) is 11.0 Å². The minimum atomic E-state index is -0.833. The van der Waals surface area contributed by atoms with Gasteiger partial charge < -0.3 is 10.8 Å². The topological polar surface area (TPSA) is 129 Å². The Morgan fingerprint density at radius 3 is 2.81 bits per heavy atom. The van der Waals surface area contributed by atoms with Gasteiger partial charge in [-0.15, -0.1) is 0 Å². The van der Waals surface area contributed by atoms with E-state index in [1.165, 1.54) is 0 Å². The van der Waals surface area contributed by atoms with Crippen molar-refractivity contribution in [2.45, 2.75) is 6.92 Å². The van der Waals surface area contributed by atoms with Gasteiger partial charge >= 0.3 is 0 Å². The van der Waals surface area contributed by atoms with Crippen LogP contribution in [0.4, 0.5) is 0 Å². The lowest BCUT2D eigenvalue weighted by Gasteiger charge is -1.91. The van der Waals surface area contributed by atoms with Crippen LogP contribution in [-0.4, -0.2) is 32.1 Å². The first-order valence-corrected chi connectivity index (χ1v) is 4.35. The summed E-state index contributed by atoms with van der Waals surface area (Å²) in [5.41, 5.74) is 6.42. The highest BCUT2D eigenvalue weighted by Crippen LogP contribution is 2.11. The van der Waals surface area contributed by atoms with Crippen molar-refractivity contribution in [1.82, 2.24) is 15.2 Å². The van der Waals surface area contributed by atoms with Gasteiger partial charge in [0.15, 0.2) is 5.65 Å². The maximum Gasteiger partial charge on any atom is 0.300 e. The Bertz CT molecular complexity index is 515. The summed E-state index contributed by atoms with van der Waals surface area (Å²) in [6, 6.07) is 3.60. The number of nitrogens with one attached hydrogen (secondary N) is 2. The van der Waals surface area contributed by atoms with Crippen LogP contribution in [0.2, 0.25) is 0 Å². The number of carboxylic acid groups (broad SMARTS) is 1. The number of amidine groups is 1. The number of rotatable bonds is 1. The molecule has 0 unspecified atom stereocenters. The standard InChI is InChI=1S/C7H7N5.C2H4O2/c8-6(9)5-4-2-1-3-10-7(4)12-11-5;1-2(3)4/h1-3H,(H3,8,9)(H,10,11,12);1H3,(H,3,4). The lowest BCUT2D eigenvalue weighted by Crippen LogP contribution is -2.11. The molecule has 0 atom stereocenters. The summed E-state index contributed by atoms with van der Waals surface area (Å²) in [6.07, 6.45) is 1.65. The third-order valence-corrected chi connectivity index (χ3v) is 1.60. The quantitative estimate of drug-likeness (QED) is 0.407. The van der Waals surface area contributed by atoms with Crippen LogP contribution < -0.4 is 5.73 Å². The van der Waals surface area contributed by atoms with Gasteiger partial charge in [-0.25, -0.2) is 4.98 Å². The molecule has 2 rings (SSSR count). The number of nitrogen functional groups attached to an aromatic ring is 1.